The van der Waals surface area contributed by atoms with Gasteiger partial charge in [-0.25, -0.2) is 9.37 Å². The Balaban J connectivity index is 1.64. The number of hydrogen-bond donors (Lipinski definition) is 0. The van der Waals surface area contributed by atoms with Gasteiger partial charge in [-0.15, -0.1) is 10.2 Å². The molecule has 0 N–H and O–H groups in total. The maximum absolute atomic E-state index is 15.3. The van der Waals surface area contributed by atoms with Gasteiger partial charge in [0.15, 0.2) is 6.19 Å². The van der Waals surface area contributed by atoms with Gasteiger partial charge in [0.05, 0.1) is 12.2 Å². The Bertz CT molecular complexity index is 1100. The van der Waals surface area contributed by atoms with Crippen molar-refractivity contribution >= 4 is 0 Å². The molecule has 1 saturated heterocycles. The van der Waals surface area contributed by atoms with Gasteiger partial charge in [-0.1, -0.05) is 0 Å². The summed E-state index contributed by atoms with van der Waals surface area (Å²) in [6, 6.07) is 8.75. The number of hydrogen-bond acceptors (Lipinski definition) is 8. The van der Waals surface area contributed by atoms with E-state index in [0.717, 1.165) is 0 Å². The fourth-order valence-corrected chi connectivity index (χ4v) is 3.16. The van der Waals surface area contributed by atoms with Gasteiger partial charge >= 0.3 is 0 Å². The number of nitrogens with zero attached hydrogens (tertiary/aromatic N) is 7. The predicted molar refractivity (Wildman–Crippen MR) is 94.7 cm³/mol. The largest absolute Gasteiger partial charge is 0.417 e. The Morgan fingerprint density at radius 2 is 1.93 bits per heavy atom. The minimum atomic E-state index is -1.85. The van der Waals surface area contributed by atoms with E-state index in [9.17, 15) is 0 Å². The normalized spacial score (nSPS) is 19.0. The van der Waals surface area contributed by atoms with Crippen molar-refractivity contribution in [3.8, 4) is 35.0 Å². The van der Waals surface area contributed by atoms with Crippen LogP contribution in [0.3, 0.4) is 0 Å². The second-order valence-electron chi connectivity index (χ2n) is 6.47. The fraction of sp³-hybridized carbons (Fsp3) is 0.263. The van der Waals surface area contributed by atoms with Crippen molar-refractivity contribution < 1.29 is 8.81 Å². The van der Waals surface area contributed by atoms with Gasteiger partial charge in [0, 0.05) is 30.1 Å². The number of halogens is 1. The molecular formula is C19H14FN7O. The topological polar surface area (TPSA) is 116 Å². The molecule has 3 aromatic heterocycles. The Morgan fingerprint density at radius 1 is 1.11 bits per heavy atom. The van der Waals surface area contributed by atoms with Gasteiger partial charge in [-0.2, -0.15) is 10.5 Å². The summed E-state index contributed by atoms with van der Waals surface area (Å²) < 4.78 is 20.9. The summed E-state index contributed by atoms with van der Waals surface area (Å²) in [5.74, 6) is 0.0378. The highest BCUT2D eigenvalue weighted by Crippen LogP contribution is 2.36. The standard InChI is InChI=1S/C19H14FN7O/c20-19(4-1-7-27(11-19)12-22)18-26-25-17(28-18)14-3-6-24-16(9-14)13-2-5-23-15(8-13)10-21/h2-3,5-6,8-9H,1,4,7,11H2. The molecule has 1 fully saturated rings. The van der Waals surface area contributed by atoms with Crippen LogP contribution in [-0.2, 0) is 5.67 Å². The first kappa shape index (κ1) is 17.6. The van der Waals surface area contributed by atoms with Gasteiger partial charge in [-0.05, 0) is 37.1 Å². The lowest BCUT2D eigenvalue weighted by Crippen LogP contribution is -2.41. The van der Waals surface area contributed by atoms with Gasteiger partial charge in [0.25, 0.3) is 5.89 Å². The van der Waals surface area contributed by atoms with Crippen LogP contribution in [0.1, 0.15) is 24.4 Å². The second-order valence-corrected chi connectivity index (χ2v) is 6.47. The molecule has 8 nitrogen and oxygen atoms in total. The Labute approximate surface area is 159 Å². The molecule has 4 heterocycles. The van der Waals surface area contributed by atoms with Crippen LogP contribution >= 0.6 is 0 Å². The van der Waals surface area contributed by atoms with E-state index in [0.29, 0.717) is 29.8 Å². The molecule has 138 valence electrons. The lowest BCUT2D eigenvalue weighted by molar-refractivity contribution is 0.0439. The van der Waals surface area contributed by atoms with Crippen molar-refractivity contribution in [2.75, 3.05) is 13.1 Å². The number of alkyl halides is 1. The minimum Gasteiger partial charge on any atom is -0.417 e. The maximum Gasteiger partial charge on any atom is 0.255 e. The molecule has 1 aliphatic rings. The average molecular weight is 375 g/mol. The molecule has 3 aromatic rings. The number of aromatic nitrogens is 4. The molecule has 4 rings (SSSR count). The number of rotatable bonds is 3. The first-order valence-electron chi connectivity index (χ1n) is 8.62. The van der Waals surface area contributed by atoms with E-state index >= 15 is 4.39 Å². The third kappa shape index (κ3) is 3.26. The van der Waals surface area contributed by atoms with Gasteiger partial charge < -0.3 is 9.32 Å². The predicted octanol–water partition coefficient (Wildman–Crippen LogP) is 2.81. The Kier molecular flexibility index (Phi) is 4.42. The highest BCUT2D eigenvalue weighted by atomic mass is 19.1. The average Bonchev–Trinajstić information content (AvgIpc) is 3.25. The highest BCUT2D eigenvalue weighted by molar-refractivity contribution is 5.66. The van der Waals surface area contributed by atoms with Crippen molar-refractivity contribution in [2.45, 2.75) is 18.5 Å². The first-order chi connectivity index (χ1) is 13.6. The quantitative estimate of drug-likeness (QED) is 0.642. The third-order valence-electron chi connectivity index (χ3n) is 4.57. The van der Waals surface area contributed by atoms with E-state index in [1.807, 2.05) is 12.3 Å². The highest BCUT2D eigenvalue weighted by Gasteiger charge is 2.42. The van der Waals surface area contributed by atoms with Crippen molar-refractivity contribution in [2.24, 2.45) is 0 Å². The van der Waals surface area contributed by atoms with E-state index < -0.39 is 5.67 Å². The molecule has 28 heavy (non-hydrogen) atoms. The minimum absolute atomic E-state index is 0.0965. The summed E-state index contributed by atoms with van der Waals surface area (Å²) in [5.41, 5.74) is 0.326. The number of nitriles is 2. The summed E-state index contributed by atoms with van der Waals surface area (Å²) in [6.45, 7) is 0.425. The van der Waals surface area contributed by atoms with Crippen molar-refractivity contribution in [1.82, 2.24) is 25.1 Å². The smallest absolute Gasteiger partial charge is 0.255 e. The molecule has 0 aromatic carbocycles. The fourth-order valence-electron chi connectivity index (χ4n) is 3.16. The van der Waals surface area contributed by atoms with Crippen LogP contribution in [0.25, 0.3) is 22.7 Å². The van der Waals surface area contributed by atoms with E-state index in [1.54, 1.807) is 30.5 Å². The molecule has 0 spiro atoms. The number of pyridine rings is 2. The molecule has 0 bridgehead atoms. The molecule has 9 heteroatoms. The van der Waals surface area contributed by atoms with Crippen LogP contribution in [-0.4, -0.2) is 38.2 Å². The molecule has 0 radical (unpaired) electrons. The van der Waals surface area contributed by atoms with Crippen LogP contribution < -0.4 is 0 Å². The maximum atomic E-state index is 15.3. The van der Waals surface area contributed by atoms with Gasteiger partial charge in [0.1, 0.15) is 11.8 Å². The second kappa shape index (κ2) is 7.05. The lowest BCUT2D eigenvalue weighted by Gasteiger charge is -2.31. The lowest BCUT2D eigenvalue weighted by atomic mass is 9.95. The third-order valence-corrected chi connectivity index (χ3v) is 4.57. The van der Waals surface area contributed by atoms with E-state index in [-0.39, 0.29) is 30.4 Å². The molecule has 1 unspecified atom stereocenters. The summed E-state index contributed by atoms with van der Waals surface area (Å²) in [7, 11) is 0. The summed E-state index contributed by atoms with van der Waals surface area (Å²) in [5, 5.41) is 25.9. The van der Waals surface area contributed by atoms with Gasteiger partial charge in [-0.3, -0.25) is 4.98 Å². The van der Waals surface area contributed by atoms with Crippen molar-refractivity contribution in [3.63, 3.8) is 0 Å². The SMILES string of the molecule is N#Cc1cc(-c2cc(-c3nnc(C4(F)CCCN(C#N)C4)o3)ccn2)ccn1. The van der Waals surface area contributed by atoms with Crippen LogP contribution in [0, 0.1) is 22.8 Å². The summed E-state index contributed by atoms with van der Waals surface area (Å²) >= 11 is 0. The van der Waals surface area contributed by atoms with E-state index in [4.69, 9.17) is 14.9 Å². The molecule has 1 aliphatic heterocycles. The van der Waals surface area contributed by atoms with Crippen LogP contribution in [0.4, 0.5) is 4.39 Å². The van der Waals surface area contributed by atoms with Crippen molar-refractivity contribution in [3.05, 3.63) is 48.2 Å². The van der Waals surface area contributed by atoms with Crippen LogP contribution in [0.15, 0.2) is 41.1 Å². The zero-order chi connectivity index (χ0) is 19.6. The van der Waals surface area contributed by atoms with Crippen molar-refractivity contribution in [1.29, 1.82) is 10.5 Å². The van der Waals surface area contributed by atoms with E-state index in [2.05, 4.69) is 20.2 Å². The molecule has 0 amide bonds. The van der Waals surface area contributed by atoms with E-state index in [1.165, 1.54) is 11.1 Å². The monoisotopic (exact) mass is 375 g/mol. The van der Waals surface area contributed by atoms with Gasteiger partial charge in [0.2, 0.25) is 11.6 Å². The number of likely N-dealkylation sites (tertiary alicyclic amines) is 1. The molecular weight excluding hydrogens is 361 g/mol. The number of piperidine rings is 1. The Morgan fingerprint density at radius 3 is 2.75 bits per heavy atom. The van der Waals surface area contributed by atoms with Crippen LogP contribution in [0.2, 0.25) is 0 Å². The summed E-state index contributed by atoms with van der Waals surface area (Å²) in [4.78, 5) is 9.59. The van der Waals surface area contributed by atoms with Crippen LogP contribution in [0.5, 0.6) is 0 Å². The molecule has 0 saturated carbocycles. The zero-order valence-electron chi connectivity index (χ0n) is 14.7. The molecule has 1 atom stereocenters. The Hall–Kier alpha value is -3.85. The molecule has 0 aliphatic carbocycles. The summed E-state index contributed by atoms with van der Waals surface area (Å²) in [6.07, 6.45) is 5.83. The zero-order valence-corrected chi connectivity index (χ0v) is 14.7. The first-order valence-corrected chi connectivity index (χ1v) is 8.62.